The smallest absolute Gasteiger partial charge is 0.160 e. The van der Waals surface area contributed by atoms with Gasteiger partial charge in [-0.25, -0.2) is 19.9 Å². The highest BCUT2D eigenvalue weighted by Gasteiger charge is 2.16. The van der Waals surface area contributed by atoms with Crippen LogP contribution in [0.5, 0.6) is 0 Å². The summed E-state index contributed by atoms with van der Waals surface area (Å²) in [5.41, 5.74) is 9.48. The lowest BCUT2D eigenvalue weighted by Gasteiger charge is -2.14. The average molecular weight is 537 g/mol. The molecular weight excluding hydrogens is 512 g/mol. The van der Waals surface area contributed by atoms with Gasteiger partial charge in [-0.3, -0.25) is 0 Å². The lowest BCUT2D eigenvalue weighted by Crippen LogP contribution is -1.97. The summed E-state index contributed by atoms with van der Waals surface area (Å²) in [5.74, 6) is 0.703. The maximum absolute atomic E-state index is 5.25. The van der Waals surface area contributed by atoms with Gasteiger partial charge in [0.1, 0.15) is 0 Å². The fourth-order valence-corrected chi connectivity index (χ4v) is 5.60. The van der Waals surface area contributed by atoms with E-state index in [-0.39, 0.29) is 0 Å². The van der Waals surface area contributed by atoms with Gasteiger partial charge in [0, 0.05) is 38.4 Å². The highest BCUT2D eigenvalue weighted by atomic mass is 14.9. The Morgan fingerprint density at radius 3 is 1.64 bits per heavy atom. The van der Waals surface area contributed by atoms with Crippen LogP contribution in [0.15, 0.2) is 146 Å². The normalized spacial score (nSPS) is 11.3. The molecule has 0 aliphatic carbocycles. The van der Waals surface area contributed by atoms with Crippen LogP contribution in [0.2, 0.25) is 0 Å². The van der Waals surface area contributed by atoms with Crippen molar-refractivity contribution < 1.29 is 0 Å². The minimum absolute atomic E-state index is 0.703. The van der Waals surface area contributed by atoms with E-state index in [1.165, 1.54) is 0 Å². The second kappa shape index (κ2) is 10.0. The molecule has 0 bridgehead atoms. The number of nitrogens with zero attached hydrogens (tertiary/aromatic N) is 4. The zero-order chi connectivity index (χ0) is 27.9. The average Bonchev–Trinajstić information content (AvgIpc) is 3.08. The molecule has 3 aromatic heterocycles. The standard InChI is InChI=1S/C38H24N4/c1-3-11-25(12-4-1)32-23-21-26-19-20-27-22-24-34(40-36(27)35(26)39-32)29-15-7-8-16-30(29)37-31-17-9-10-18-33(31)41-38(42-37)28-13-5-2-6-14-28/h1-24H. The Hall–Kier alpha value is -5.74. The van der Waals surface area contributed by atoms with E-state index in [9.17, 15) is 0 Å². The molecule has 0 aliphatic heterocycles. The van der Waals surface area contributed by atoms with Gasteiger partial charge in [-0.05, 0) is 18.2 Å². The van der Waals surface area contributed by atoms with Gasteiger partial charge in [-0.1, -0.05) is 127 Å². The molecule has 0 saturated heterocycles. The van der Waals surface area contributed by atoms with Crippen molar-refractivity contribution in [3.63, 3.8) is 0 Å². The molecule has 0 radical (unpaired) electrons. The first-order valence-corrected chi connectivity index (χ1v) is 14.0. The largest absolute Gasteiger partial charge is 0.245 e. The predicted molar refractivity (Wildman–Crippen MR) is 172 cm³/mol. The van der Waals surface area contributed by atoms with Gasteiger partial charge < -0.3 is 0 Å². The third-order valence-electron chi connectivity index (χ3n) is 7.68. The second-order valence-corrected chi connectivity index (χ2v) is 10.3. The maximum atomic E-state index is 5.25. The lowest BCUT2D eigenvalue weighted by atomic mass is 9.97. The zero-order valence-corrected chi connectivity index (χ0v) is 22.6. The van der Waals surface area contributed by atoms with Crippen molar-refractivity contribution in [3.05, 3.63) is 146 Å². The molecular formula is C38H24N4. The molecule has 0 aliphatic rings. The SMILES string of the molecule is c1ccc(-c2ccc3ccc4ccc(-c5ccccc5-c5nc(-c6ccccc6)nc6ccccc56)nc4c3n2)cc1. The molecule has 0 amide bonds. The van der Waals surface area contributed by atoms with Gasteiger partial charge in [0.2, 0.25) is 0 Å². The van der Waals surface area contributed by atoms with E-state index >= 15 is 0 Å². The molecule has 8 rings (SSSR count). The van der Waals surface area contributed by atoms with Crippen LogP contribution in [0, 0.1) is 0 Å². The van der Waals surface area contributed by atoms with Crippen molar-refractivity contribution in [2.75, 3.05) is 0 Å². The van der Waals surface area contributed by atoms with Crippen LogP contribution in [-0.2, 0) is 0 Å². The van der Waals surface area contributed by atoms with E-state index in [4.69, 9.17) is 19.9 Å². The first-order chi connectivity index (χ1) is 20.8. The van der Waals surface area contributed by atoms with Gasteiger partial charge in [-0.15, -0.1) is 0 Å². The van der Waals surface area contributed by atoms with E-state index in [2.05, 4.69) is 78.9 Å². The van der Waals surface area contributed by atoms with Crippen LogP contribution in [0.1, 0.15) is 0 Å². The number of hydrogen-bond acceptors (Lipinski definition) is 4. The molecule has 8 aromatic rings. The predicted octanol–water partition coefficient (Wildman–Crippen LogP) is 9.39. The lowest BCUT2D eigenvalue weighted by molar-refractivity contribution is 1.23. The summed E-state index contributed by atoms with van der Waals surface area (Å²) >= 11 is 0. The Balaban J connectivity index is 1.34. The van der Waals surface area contributed by atoms with Gasteiger partial charge in [0.15, 0.2) is 5.82 Å². The Morgan fingerprint density at radius 2 is 0.905 bits per heavy atom. The van der Waals surface area contributed by atoms with E-state index < -0.39 is 0 Å². The summed E-state index contributed by atoms with van der Waals surface area (Å²) in [6, 6.07) is 49.6. The van der Waals surface area contributed by atoms with E-state index in [0.717, 1.165) is 72.0 Å². The van der Waals surface area contributed by atoms with E-state index in [1.807, 2.05) is 66.7 Å². The quantitative estimate of drug-likeness (QED) is 0.210. The summed E-state index contributed by atoms with van der Waals surface area (Å²) in [7, 11) is 0. The van der Waals surface area contributed by atoms with Crippen LogP contribution in [0.25, 0.3) is 77.9 Å². The molecule has 0 saturated carbocycles. The Labute approximate surface area is 243 Å². The van der Waals surface area contributed by atoms with Crippen molar-refractivity contribution in [2.45, 2.75) is 0 Å². The number of aromatic nitrogens is 4. The summed E-state index contributed by atoms with van der Waals surface area (Å²) in [6.45, 7) is 0. The monoisotopic (exact) mass is 536 g/mol. The molecule has 0 unspecified atom stereocenters. The first-order valence-electron chi connectivity index (χ1n) is 14.0. The number of fused-ring (bicyclic) bond motifs is 4. The number of hydrogen-bond donors (Lipinski definition) is 0. The van der Waals surface area contributed by atoms with Crippen molar-refractivity contribution in [2.24, 2.45) is 0 Å². The third-order valence-corrected chi connectivity index (χ3v) is 7.68. The van der Waals surface area contributed by atoms with E-state index in [0.29, 0.717) is 5.82 Å². The van der Waals surface area contributed by atoms with Crippen LogP contribution in [-0.4, -0.2) is 19.9 Å². The summed E-state index contributed by atoms with van der Waals surface area (Å²) in [5, 5.41) is 3.12. The maximum Gasteiger partial charge on any atom is 0.160 e. The molecule has 4 nitrogen and oxygen atoms in total. The van der Waals surface area contributed by atoms with Gasteiger partial charge in [0.05, 0.1) is 33.6 Å². The minimum Gasteiger partial charge on any atom is -0.245 e. The van der Waals surface area contributed by atoms with Crippen LogP contribution < -0.4 is 0 Å². The Morgan fingerprint density at radius 1 is 0.357 bits per heavy atom. The van der Waals surface area contributed by atoms with Crippen LogP contribution in [0.4, 0.5) is 0 Å². The Bertz CT molecular complexity index is 2240. The number of para-hydroxylation sites is 1. The molecule has 0 spiro atoms. The summed E-state index contributed by atoms with van der Waals surface area (Å²) in [6.07, 6.45) is 0. The second-order valence-electron chi connectivity index (χ2n) is 10.3. The van der Waals surface area contributed by atoms with Crippen molar-refractivity contribution >= 4 is 32.7 Å². The first kappa shape index (κ1) is 24.1. The summed E-state index contributed by atoms with van der Waals surface area (Å²) < 4.78 is 0. The highest BCUT2D eigenvalue weighted by Crippen LogP contribution is 2.36. The molecule has 3 heterocycles. The molecule has 4 heteroatoms. The molecule has 196 valence electrons. The topological polar surface area (TPSA) is 51.6 Å². The fourth-order valence-electron chi connectivity index (χ4n) is 5.60. The molecule has 0 N–H and O–H groups in total. The van der Waals surface area contributed by atoms with Crippen LogP contribution in [0.3, 0.4) is 0 Å². The van der Waals surface area contributed by atoms with Gasteiger partial charge >= 0.3 is 0 Å². The summed E-state index contributed by atoms with van der Waals surface area (Å²) in [4.78, 5) is 20.4. The Kier molecular flexibility index (Phi) is 5.75. The number of rotatable bonds is 4. The molecule has 5 aromatic carbocycles. The van der Waals surface area contributed by atoms with E-state index in [1.54, 1.807) is 0 Å². The molecule has 0 atom stereocenters. The third kappa shape index (κ3) is 4.18. The van der Waals surface area contributed by atoms with Gasteiger partial charge in [0.25, 0.3) is 0 Å². The van der Waals surface area contributed by atoms with Crippen LogP contribution >= 0.6 is 0 Å². The molecule has 0 fully saturated rings. The zero-order valence-electron chi connectivity index (χ0n) is 22.6. The van der Waals surface area contributed by atoms with Crippen molar-refractivity contribution in [1.82, 2.24) is 19.9 Å². The molecule has 42 heavy (non-hydrogen) atoms. The fraction of sp³-hybridized carbons (Fsp3) is 0. The van der Waals surface area contributed by atoms with Crippen molar-refractivity contribution in [3.8, 4) is 45.2 Å². The highest BCUT2D eigenvalue weighted by molar-refractivity contribution is 6.05. The number of pyridine rings is 2. The van der Waals surface area contributed by atoms with Crippen molar-refractivity contribution in [1.29, 1.82) is 0 Å². The number of benzene rings is 5. The van der Waals surface area contributed by atoms with Gasteiger partial charge in [-0.2, -0.15) is 0 Å². The minimum atomic E-state index is 0.703.